The number of hydrogen-bond acceptors (Lipinski definition) is 5. The Kier molecular flexibility index (Phi) is 10.2. The molecule has 0 radical (unpaired) electrons. The van der Waals surface area contributed by atoms with Crippen molar-refractivity contribution in [3.63, 3.8) is 0 Å². The van der Waals surface area contributed by atoms with E-state index in [1.807, 2.05) is 54.6 Å². The first-order valence-corrected chi connectivity index (χ1v) is 12.1. The minimum Gasteiger partial charge on any atom is -0.492 e. The molecule has 0 saturated heterocycles. The fourth-order valence-corrected chi connectivity index (χ4v) is 4.20. The molecule has 1 fully saturated rings. The molecule has 184 valence electrons. The van der Waals surface area contributed by atoms with Gasteiger partial charge in [0.05, 0.1) is 6.54 Å². The summed E-state index contributed by atoms with van der Waals surface area (Å²) in [6, 6.07) is 17.0. The van der Waals surface area contributed by atoms with E-state index in [0.29, 0.717) is 44.4 Å². The van der Waals surface area contributed by atoms with Gasteiger partial charge in [-0.3, -0.25) is 0 Å². The van der Waals surface area contributed by atoms with Crippen LogP contribution in [0.5, 0.6) is 5.75 Å². The third-order valence-corrected chi connectivity index (χ3v) is 6.03. The predicted octanol–water partition coefficient (Wildman–Crippen LogP) is 4.93. The largest absolute Gasteiger partial charge is 0.492 e. The molecule has 0 spiro atoms. The maximum absolute atomic E-state index is 12.8. The van der Waals surface area contributed by atoms with Gasteiger partial charge >= 0.3 is 12.1 Å². The van der Waals surface area contributed by atoms with E-state index in [9.17, 15) is 14.7 Å². The molecule has 0 aliphatic heterocycles. The van der Waals surface area contributed by atoms with Gasteiger partial charge in [0.15, 0.2) is 6.10 Å². The monoisotopic (exact) mass is 469 g/mol. The number of aliphatic carboxylic acids is 1. The zero-order chi connectivity index (χ0) is 24.2. The van der Waals surface area contributed by atoms with Crippen molar-refractivity contribution in [2.75, 3.05) is 26.3 Å². The van der Waals surface area contributed by atoms with Crippen LogP contribution in [0.4, 0.5) is 4.79 Å². The van der Waals surface area contributed by atoms with Crippen LogP contribution in [0.2, 0.25) is 0 Å². The number of amides is 1. The molecule has 1 unspecified atom stereocenters. The minimum atomic E-state index is -0.969. The van der Waals surface area contributed by atoms with Crippen LogP contribution in [-0.4, -0.2) is 54.5 Å². The zero-order valence-corrected chi connectivity index (χ0v) is 19.9. The second-order valence-electron chi connectivity index (χ2n) is 8.62. The normalized spacial score (nSPS) is 14.5. The van der Waals surface area contributed by atoms with Crippen LogP contribution in [0.25, 0.3) is 0 Å². The SMILES string of the molecule is CCOC(Cc1ccc(OCCN(CC2CCCC2)C(=O)OCc2ccccc2)cc1)C(=O)O. The van der Waals surface area contributed by atoms with Crippen LogP contribution < -0.4 is 4.74 Å². The number of hydrogen-bond donors (Lipinski definition) is 1. The molecule has 1 aliphatic carbocycles. The van der Waals surface area contributed by atoms with Gasteiger partial charge in [-0.2, -0.15) is 0 Å². The first-order chi connectivity index (χ1) is 16.5. The number of rotatable bonds is 13. The van der Waals surface area contributed by atoms with Crippen molar-refractivity contribution in [1.29, 1.82) is 0 Å². The van der Waals surface area contributed by atoms with E-state index >= 15 is 0 Å². The summed E-state index contributed by atoms with van der Waals surface area (Å²) in [6.07, 6.45) is 3.84. The molecule has 1 N–H and O–H groups in total. The van der Waals surface area contributed by atoms with Crippen molar-refractivity contribution in [3.8, 4) is 5.75 Å². The van der Waals surface area contributed by atoms with E-state index in [1.165, 1.54) is 12.8 Å². The Morgan fingerprint density at radius 3 is 2.38 bits per heavy atom. The molecule has 3 rings (SSSR count). The molecule has 34 heavy (non-hydrogen) atoms. The number of benzene rings is 2. The van der Waals surface area contributed by atoms with Gasteiger partial charge in [0.2, 0.25) is 0 Å². The zero-order valence-electron chi connectivity index (χ0n) is 19.9. The molecule has 0 aromatic heterocycles. The second-order valence-corrected chi connectivity index (χ2v) is 8.62. The molecule has 7 heteroatoms. The van der Waals surface area contributed by atoms with Crippen molar-refractivity contribution in [1.82, 2.24) is 4.90 Å². The smallest absolute Gasteiger partial charge is 0.410 e. The third-order valence-electron chi connectivity index (χ3n) is 6.03. The van der Waals surface area contributed by atoms with Gasteiger partial charge in [-0.15, -0.1) is 0 Å². The van der Waals surface area contributed by atoms with Gasteiger partial charge in [0.1, 0.15) is 19.0 Å². The number of carboxylic acid groups (broad SMARTS) is 1. The molecule has 1 atom stereocenters. The summed E-state index contributed by atoms with van der Waals surface area (Å²) in [7, 11) is 0. The van der Waals surface area contributed by atoms with Crippen LogP contribution in [0.3, 0.4) is 0 Å². The van der Waals surface area contributed by atoms with E-state index < -0.39 is 12.1 Å². The van der Waals surface area contributed by atoms with Crippen molar-refractivity contribution in [2.24, 2.45) is 5.92 Å². The summed E-state index contributed by atoms with van der Waals surface area (Å²) < 4.78 is 16.7. The molecular weight excluding hydrogens is 434 g/mol. The molecule has 2 aromatic carbocycles. The van der Waals surface area contributed by atoms with Gasteiger partial charge in [0, 0.05) is 19.6 Å². The quantitative estimate of drug-likeness (QED) is 0.448. The second kappa shape index (κ2) is 13.6. The highest BCUT2D eigenvalue weighted by Crippen LogP contribution is 2.26. The number of nitrogens with zero attached hydrogens (tertiary/aromatic N) is 1. The van der Waals surface area contributed by atoms with Gasteiger partial charge < -0.3 is 24.2 Å². The van der Waals surface area contributed by atoms with E-state index in [-0.39, 0.29) is 12.7 Å². The standard InChI is InChI=1S/C27H35NO6/c1-2-32-25(26(29)30)18-21-12-14-24(15-13-21)33-17-16-28(19-22-8-6-7-9-22)27(31)34-20-23-10-4-3-5-11-23/h3-5,10-15,22,25H,2,6-9,16-20H2,1H3,(H,29,30). The molecule has 1 amide bonds. The average molecular weight is 470 g/mol. The van der Waals surface area contributed by atoms with Gasteiger partial charge in [-0.1, -0.05) is 55.3 Å². The molecule has 0 bridgehead atoms. The summed E-state index contributed by atoms with van der Waals surface area (Å²) in [5.74, 6) is 0.213. The highest BCUT2D eigenvalue weighted by molar-refractivity contribution is 5.72. The van der Waals surface area contributed by atoms with Crippen LogP contribution in [0.15, 0.2) is 54.6 Å². The predicted molar refractivity (Wildman–Crippen MR) is 129 cm³/mol. The fourth-order valence-electron chi connectivity index (χ4n) is 4.20. The van der Waals surface area contributed by atoms with Crippen LogP contribution >= 0.6 is 0 Å². The van der Waals surface area contributed by atoms with Crippen molar-refractivity contribution in [3.05, 3.63) is 65.7 Å². The number of carbonyl (C=O) groups is 2. The number of ether oxygens (including phenoxy) is 3. The van der Waals surface area contributed by atoms with Crippen molar-refractivity contribution in [2.45, 2.75) is 51.7 Å². The molecule has 1 aliphatic rings. The first kappa shape index (κ1) is 25.6. The summed E-state index contributed by atoms with van der Waals surface area (Å²) in [5, 5.41) is 9.25. The van der Waals surface area contributed by atoms with E-state index in [4.69, 9.17) is 14.2 Å². The Morgan fingerprint density at radius 2 is 1.74 bits per heavy atom. The molecule has 7 nitrogen and oxygen atoms in total. The number of carbonyl (C=O) groups excluding carboxylic acids is 1. The molecule has 1 saturated carbocycles. The van der Waals surface area contributed by atoms with Crippen LogP contribution in [0.1, 0.15) is 43.7 Å². The highest BCUT2D eigenvalue weighted by atomic mass is 16.6. The molecular formula is C27H35NO6. The van der Waals surface area contributed by atoms with E-state index in [1.54, 1.807) is 11.8 Å². The Hall–Kier alpha value is -3.06. The lowest BCUT2D eigenvalue weighted by molar-refractivity contribution is -0.149. The van der Waals surface area contributed by atoms with Crippen LogP contribution in [0, 0.1) is 5.92 Å². The lowest BCUT2D eigenvalue weighted by atomic mass is 10.1. The summed E-state index contributed by atoms with van der Waals surface area (Å²) >= 11 is 0. The van der Waals surface area contributed by atoms with Crippen molar-refractivity contribution >= 4 is 12.1 Å². The third kappa shape index (κ3) is 8.37. The lowest BCUT2D eigenvalue weighted by Crippen LogP contribution is -2.38. The highest BCUT2D eigenvalue weighted by Gasteiger charge is 2.23. The summed E-state index contributed by atoms with van der Waals surface area (Å²) in [5.41, 5.74) is 1.82. The summed E-state index contributed by atoms with van der Waals surface area (Å²) in [4.78, 5) is 25.8. The Bertz CT molecular complexity index is 880. The molecule has 0 heterocycles. The Balaban J connectivity index is 1.50. The Morgan fingerprint density at radius 1 is 1.03 bits per heavy atom. The molecule has 2 aromatic rings. The average Bonchev–Trinajstić information content (AvgIpc) is 3.36. The topological polar surface area (TPSA) is 85.3 Å². The Labute approximate surface area is 201 Å². The van der Waals surface area contributed by atoms with Gasteiger partial charge in [-0.05, 0) is 48.9 Å². The maximum atomic E-state index is 12.8. The first-order valence-electron chi connectivity index (χ1n) is 12.1. The number of carboxylic acids is 1. The minimum absolute atomic E-state index is 0.252. The van der Waals surface area contributed by atoms with Gasteiger partial charge in [0.25, 0.3) is 0 Å². The van der Waals surface area contributed by atoms with E-state index in [2.05, 4.69) is 0 Å². The fraction of sp³-hybridized carbons (Fsp3) is 0.481. The van der Waals surface area contributed by atoms with Crippen LogP contribution in [-0.2, 0) is 27.3 Å². The van der Waals surface area contributed by atoms with Gasteiger partial charge in [-0.25, -0.2) is 9.59 Å². The lowest BCUT2D eigenvalue weighted by Gasteiger charge is -2.25. The van der Waals surface area contributed by atoms with Crippen molar-refractivity contribution < 1.29 is 28.9 Å². The summed E-state index contributed by atoms with van der Waals surface area (Å²) in [6.45, 7) is 3.86. The maximum Gasteiger partial charge on any atom is 0.410 e. The van der Waals surface area contributed by atoms with E-state index in [0.717, 1.165) is 24.0 Å².